The van der Waals surface area contributed by atoms with E-state index in [1.165, 1.54) is 44.9 Å². The first-order chi connectivity index (χ1) is 14.6. The molecule has 0 saturated heterocycles. The minimum Gasteiger partial charge on any atom is -0.411 e. The predicted octanol–water partition coefficient (Wildman–Crippen LogP) is 5.88. The molecule has 4 aliphatic carbocycles. The quantitative estimate of drug-likeness (QED) is 0.374. The standard InChI is InChI=1S/C27H47NO3/c1-16(2)7-6-8-17(3)19-9-10-20-23-21(12-14-26(19,20)4)27(5)13-11-18(29)15-22(27)24(28-31)25(23)30/h16-23,25,29-31H,6-15H2,1-5H3/b28-24+/t17-,18+,19-,20+,21+,22-,23+,25-,26-,27-/m1/s1. The minimum atomic E-state index is -0.655. The van der Waals surface area contributed by atoms with Crippen molar-refractivity contribution in [3.63, 3.8) is 0 Å². The topological polar surface area (TPSA) is 73.1 Å². The molecule has 0 aromatic heterocycles. The number of nitrogens with zero attached hydrogens (tertiary/aromatic N) is 1. The van der Waals surface area contributed by atoms with Crippen LogP contribution in [0.5, 0.6) is 0 Å². The average Bonchev–Trinajstić information content (AvgIpc) is 3.06. The van der Waals surface area contributed by atoms with E-state index in [4.69, 9.17) is 0 Å². The third-order valence-corrected chi connectivity index (χ3v) is 10.8. The summed E-state index contributed by atoms with van der Waals surface area (Å²) in [6.45, 7) is 12.0. The maximum absolute atomic E-state index is 11.5. The SMILES string of the molecule is CC(C)CCC[C@@H](C)[C@H]1CC[C@H]2[C@@H]3[C@@H](O)/C(=N/O)[C@H]4C[C@@H](O)CC[C@]4(C)[C@H]3CC[C@]12C. The molecule has 4 saturated carbocycles. The van der Waals surface area contributed by atoms with Gasteiger partial charge in [-0.3, -0.25) is 0 Å². The molecule has 0 radical (unpaired) electrons. The number of aliphatic hydroxyl groups is 2. The summed E-state index contributed by atoms with van der Waals surface area (Å²) >= 11 is 0. The molecule has 0 aromatic rings. The number of rotatable bonds is 5. The van der Waals surface area contributed by atoms with Crippen LogP contribution in [0.1, 0.15) is 98.8 Å². The summed E-state index contributed by atoms with van der Waals surface area (Å²) in [5.41, 5.74) is 0.893. The first-order valence-corrected chi connectivity index (χ1v) is 13.2. The smallest absolute Gasteiger partial charge is 0.0991 e. The van der Waals surface area contributed by atoms with Gasteiger partial charge in [-0.1, -0.05) is 59.0 Å². The van der Waals surface area contributed by atoms with Gasteiger partial charge in [-0.05, 0) is 91.3 Å². The van der Waals surface area contributed by atoms with Gasteiger partial charge in [0.15, 0.2) is 0 Å². The molecule has 0 heterocycles. The van der Waals surface area contributed by atoms with Crippen molar-refractivity contribution < 1.29 is 15.4 Å². The van der Waals surface area contributed by atoms with Gasteiger partial charge in [0, 0.05) is 5.92 Å². The van der Waals surface area contributed by atoms with E-state index >= 15 is 0 Å². The molecule has 0 aromatic carbocycles. The molecule has 0 bridgehead atoms. The lowest BCUT2D eigenvalue weighted by atomic mass is 9.43. The monoisotopic (exact) mass is 433 g/mol. The van der Waals surface area contributed by atoms with E-state index in [1.807, 2.05) is 0 Å². The van der Waals surface area contributed by atoms with E-state index in [0.717, 1.165) is 30.6 Å². The fourth-order valence-electron chi connectivity index (χ4n) is 9.17. The Kier molecular flexibility index (Phi) is 6.55. The zero-order valence-corrected chi connectivity index (χ0v) is 20.6. The summed E-state index contributed by atoms with van der Waals surface area (Å²) in [4.78, 5) is 0. The number of fused-ring (bicyclic) bond motifs is 5. The van der Waals surface area contributed by atoms with Crippen molar-refractivity contribution in [3.05, 3.63) is 0 Å². The molecule has 0 unspecified atom stereocenters. The zero-order valence-electron chi connectivity index (χ0n) is 20.6. The van der Waals surface area contributed by atoms with Crippen LogP contribution < -0.4 is 0 Å². The van der Waals surface area contributed by atoms with Crippen LogP contribution in [0.4, 0.5) is 0 Å². The number of oxime groups is 1. The third kappa shape index (κ3) is 3.78. The van der Waals surface area contributed by atoms with Crippen molar-refractivity contribution in [1.29, 1.82) is 0 Å². The number of hydrogen-bond donors (Lipinski definition) is 3. The van der Waals surface area contributed by atoms with E-state index in [9.17, 15) is 15.4 Å². The molecule has 178 valence electrons. The van der Waals surface area contributed by atoms with Crippen LogP contribution in [0.15, 0.2) is 5.16 Å². The van der Waals surface area contributed by atoms with E-state index in [-0.39, 0.29) is 28.8 Å². The van der Waals surface area contributed by atoms with Gasteiger partial charge < -0.3 is 15.4 Å². The van der Waals surface area contributed by atoms with E-state index < -0.39 is 6.10 Å². The molecule has 0 amide bonds. The van der Waals surface area contributed by atoms with Crippen molar-refractivity contribution in [2.24, 2.45) is 57.4 Å². The largest absolute Gasteiger partial charge is 0.411 e. The third-order valence-electron chi connectivity index (χ3n) is 10.8. The molecule has 4 nitrogen and oxygen atoms in total. The second-order valence-electron chi connectivity index (χ2n) is 12.8. The highest BCUT2D eigenvalue weighted by atomic mass is 16.4. The van der Waals surface area contributed by atoms with Crippen LogP contribution in [0.3, 0.4) is 0 Å². The van der Waals surface area contributed by atoms with Crippen LogP contribution in [-0.4, -0.2) is 33.3 Å². The van der Waals surface area contributed by atoms with E-state index in [2.05, 4.69) is 39.8 Å². The Labute approximate surface area is 189 Å². The molecule has 0 aliphatic heterocycles. The summed E-state index contributed by atoms with van der Waals surface area (Å²) < 4.78 is 0. The van der Waals surface area contributed by atoms with E-state index in [0.29, 0.717) is 24.0 Å². The average molecular weight is 434 g/mol. The molecule has 31 heavy (non-hydrogen) atoms. The van der Waals surface area contributed by atoms with Gasteiger partial charge in [-0.2, -0.15) is 0 Å². The summed E-state index contributed by atoms with van der Waals surface area (Å²) in [5, 5.41) is 35.5. The summed E-state index contributed by atoms with van der Waals surface area (Å²) in [5.74, 6) is 3.46. The van der Waals surface area contributed by atoms with Crippen molar-refractivity contribution >= 4 is 5.71 Å². The van der Waals surface area contributed by atoms with Gasteiger partial charge in [-0.25, -0.2) is 0 Å². The van der Waals surface area contributed by atoms with Crippen LogP contribution in [0, 0.1) is 52.3 Å². The second kappa shape index (κ2) is 8.63. The molecule has 10 atom stereocenters. The van der Waals surface area contributed by atoms with E-state index in [1.54, 1.807) is 0 Å². The predicted molar refractivity (Wildman–Crippen MR) is 125 cm³/mol. The second-order valence-corrected chi connectivity index (χ2v) is 12.8. The van der Waals surface area contributed by atoms with Gasteiger partial charge in [0.2, 0.25) is 0 Å². The Morgan fingerprint density at radius 2 is 1.61 bits per heavy atom. The lowest BCUT2D eigenvalue weighted by molar-refractivity contribution is -0.127. The molecule has 4 heteroatoms. The lowest BCUT2D eigenvalue weighted by Crippen LogP contribution is -2.62. The fraction of sp³-hybridized carbons (Fsp3) is 0.963. The summed E-state index contributed by atoms with van der Waals surface area (Å²) in [6, 6.07) is 0. The van der Waals surface area contributed by atoms with Crippen LogP contribution >= 0.6 is 0 Å². The summed E-state index contributed by atoms with van der Waals surface area (Å²) in [6.07, 6.45) is 10.3. The van der Waals surface area contributed by atoms with Gasteiger partial charge in [0.05, 0.1) is 17.9 Å². The Morgan fingerprint density at radius 1 is 0.935 bits per heavy atom. The van der Waals surface area contributed by atoms with Crippen molar-refractivity contribution in [2.45, 2.75) is 111 Å². The maximum atomic E-state index is 11.5. The molecule has 4 fully saturated rings. The van der Waals surface area contributed by atoms with Crippen LogP contribution in [-0.2, 0) is 0 Å². The highest BCUT2D eigenvalue weighted by Gasteiger charge is 2.64. The lowest BCUT2D eigenvalue weighted by Gasteiger charge is -2.62. The van der Waals surface area contributed by atoms with Gasteiger partial charge in [0.1, 0.15) is 0 Å². The molecular formula is C27H47NO3. The fourth-order valence-corrected chi connectivity index (χ4v) is 9.17. The Morgan fingerprint density at radius 3 is 2.29 bits per heavy atom. The number of aliphatic hydroxyl groups excluding tert-OH is 2. The summed E-state index contributed by atoms with van der Waals surface area (Å²) in [7, 11) is 0. The van der Waals surface area contributed by atoms with Crippen LogP contribution in [0.2, 0.25) is 0 Å². The van der Waals surface area contributed by atoms with Crippen molar-refractivity contribution in [3.8, 4) is 0 Å². The molecule has 4 rings (SSSR count). The van der Waals surface area contributed by atoms with Crippen LogP contribution in [0.25, 0.3) is 0 Å². The first kappa shape index (κ1) is 23.5. The molecule has 4 aliphatic rings. The van der Waals surface area contributed by atoms with Gasteiger partial charge >= 0.3 is 0 Å². The molecule has 3 N–H and O–H groups in total. The highest BCUT2D eigenvalue weighted by molar-refractivity contribution is 5.92. The van der Waals surface area contributed by atoms with Gasteiger partial charge in [-0.15, -0.1) is 0 Å². The molecular weight excluding hydrogens is 386 g/mol. The Hall–Kier alpha value is -0.610. The highest BCUT2D eigenvalue weighted by Crippen LogP contribution is 2.68. The van der Waals surface area contributed by atoms with Crippen molar-refractivity contribution in [2.75, 3.05) is 0 Å². The minimum absolute atomic E-state index is 0.00835. The Bertz CT molecular complexity index is 677. The number of hydrogen-bond acceptors (Lipinski definition) is 4. The normalized spacial score (nSPS) is 49.5. The van der Waals surface area contributed by atoms with Crippen molar-refractivity contribution in [1.82, 2.24) is 0 Å². The van der Waals surface area contributed by atoms with Gasteiger partial charge in [0.25, 0.3) is 0 Å². The molecule has 0 spiro atoms. The first-order valence-electron chi connectivity index (χ1n) is 13.2. The maximum Gasteiger partial charge on any atom is 0.0991 e. The Balaban J connectivity index is 1.58. The zero-order chi connectivity index (χ0) is 22.6.